The van der Waals surface area contributed by atoms with Gasteiger partial charge < -0.3 is 68.0 Å². The van der Waals surface area contributed by atoms with Gasteiger partial charge in [-0.3, -0.25) is 19.3 Å². The van der Waals surface area contributed by atoms with Crippen molar-refractivity contribution in [2.24, 2.45) is 0 Å². The zero-order valence-corrected chi connectivity index (χ0v) is 33.7. The van der Waals surface area contributed by atoms with Gasteiger partial charge in [-0.05, 0) is 24.1 Å². The first kappa shape index (κ1) is 50.2. The Morgan fingerprint density at radius 2 is 0.964 bits per heavy atom. The molecule has 2 unspecified atom stereocenters. The Kier molecular flexibility index (Phi) is 30.5. The fourth-order valence-electron chi connectivity index (χ4n) is 4.53. The normalized spacial score (nSPS) is 13.0. The van der Waals surface area contributed by atoms with Crippen LogP contribution >= 0.6 is 7.60 Å². The fraction of sp³-hybridized carbons (Fsp3) is 0.743. The zero-order valence-electron chi connectivity index (χ0n) is 32.8. The number of methoxy groups -OCH3 is 3. The standard InChI is InChI=1S/C35H63N4O15P/c1-45-15-18-51-24-21-48-12-9-36-33(40)28-39(29-34(41)37-10-13-49-22-25-52-19-16-46-2)32(27-30-5-7-31(8-6-30)54-55(4,43)44)35(42)38-11-14-50-23-26-53-20-17-47-3/h5-8,32H,9-29H2,1-4H3,(H,36,40)(H,37,41)(H,38,42)(H,43,44). The van der Waals surface area contributed by atoms with E-state index in [1.54, 1.807) is 33.5 Å². The van der Waals surface area contributed by atoms with Crippen molar-refractivity contribution >= 4 is 25.3 Å². The first-order valence-electron chi connectivity index (χ1n) is 18.2. The Balaban J connectivity index is 2.99. The van der Waals surface area contributed by atoms with Gasteiger partial charge in [0.2, 0.25) is 17.7 Å². The second kappa shape index (κ2) is 33.4. The molecule has 1 aromatic carbocycles. The number of benzene rings is 1. The number of ether oxygens (including phenoxy) is 9. The highest BCUT2D eigenvalue weighted by Gasteiger charge is 2.30. The van der Waals surface area contributed by atoms with Crippen LogP contribution in [-0.2, 0) is 68.0 Å². The SMILES string of the molecule is COCCOCCOCCNC(=O)CN(CC(=O)NCCOCCOCCOC)C(Cc1ccc(OP(C)(=O)O)cc1)C(=O)NCCOCCOCCOC. The van der Waals surface area contributed by atoms with E-state index in [9.17, 15) is 23.8 Å². The van der Waals surface area contributed by atoms with E-state index >= 15 is 0 Å². The number of carbonyl (C=O) groups excluding carboxylic acids is 3. The largest absolute Gasteiger partial charge is 0.425 e. The highest BCUT2D eigenvalue weighted by Crippen LogP contribution is 2.38. The van der Waals surface area contributed by atoms with E-state index < -0.39 is 31.4 Å². The minimum atomic E-state index is -3.79. The van der Waals surface area contributed by atoms with Crippen molar-refractivity contribution in [3.63, 3.8) is 0 Å². The van der Waals surface area contributed by atoms with Gasteiger partial charge >= 0.3 is 7.60 Å². The minimum absolute atomic E-state index is 0.0855. The van der Waals surface area contributed by atoms with Gasteiger partial charge in [0.25, 0.3) is 0 Å². The summed E-state index contributed by atoms with van der Waals surface area (Å²) in [6, 6.07) is 5.31. The predicted octanol–water partition coefficient (Wildman–Crippen LogP) is -0.519. The highest BCUT2D eigenvalue weighted by atomic mass is 31.2. The third kappa shape index (κ3) is 29.2. The number of hydrogen-bond donors (Lipinski definition) is 4. The molecule has 2 atom stereocenters. The Bertz CT molecular complexity index is 1140. The Labute approximate surface area is 324 Å². The van der Waals surface area contributed by atoms with Crippen molar-refractivity contribution in [2.75, 3.05) is 160 Å². The molecule has 19 nitrogen and oxygen atoms in total. The smallest absolute Gasteiger partial charge is 0.373 e. The van der Waals surface area contributed by atoms with Crippen molar-refractivity contribution < 1.29 is 71.0 Å². The summed E-state index contributed by atoms with van der Waals surface area (Å²) in [7, 11) is 0.966. The maximum absolute atomic E-state index is 13.8. The molecule has 0 saturated heterocycles. The van der Waals surface area contributed by atoms with E-state index in [0.717, 1.165) is 6.66 Å². The lowest BCUT2D eigenvalue weighted by molar-refractivity contribution is -0.131. The van der Waals surface area contributed by atoms with Crippen LogP contribution in [0.25, 0.3) is 0 Å². The summed E-state index contributed by atoms with van der Waals surface area (Å²) in [5, 5.41) is 8.40. The highest BCUT2D eigenvalue weighted by molar-refractivity contribution is 7.52. The number of nitrogens with one attached hydrogen (secondary N) is 3. The van der Waals surface area contributed by atoms with Gasteiger partial charge in [0.1, 0.15) is 5.75 Å². The average molecular weight is 811 g/mol. The van der Waals surface area contributed by atoms with Gasteiger partial charge in [0, 0.05) is 47.6 Å². The monoisotopic (exact) mass is 810 g/mol. The van der Waals surface area contributed by atoms with Crippen molar-refractivity contribution in [2.45, 2.75) is 12.5 Å². The molecule has 0 aromatic heterocycles. The molecule has 55 heavy (non-hydrogen) atoms. The third-order valence-corrected chi connectivity index (χ3v) is 7.71. The number of rotatable bonds is 37. The van der Waals surface area contributed by atoms with Crippen LogP contribution in [0.5, 0.6) is 5.75 Å². The molecule has 0 aliphatic carbocycles. The lowest BCUT2D eigenvalue weighted by Gasteiger charge is -2.30. The maximum atomic E-state index is 13.8. The summed E-state index contributed by atoms with van der Waals surface area (Å²) >= 11 is 0. The van der Waals surface area contributed by atoms with E-state index in [4.69, 9.17) is 47.2 Å². The van der Waals surface area contributed by atoms with Gasteiger partial charge in [0.05, 0.1) is 118 Å². The molecule has 0 spiro atoms. The van der Waals surface area contributed by atoms with Crippen LogP contribution in [-0.4, -0.2) is 193 Å². The molecule has 0 fully saturated rings. The predicted molar refractivity (Wildman–Crippen MR) is 201 cm³/mol. The maximum Gasteiger partial charge on any atom is 0.373 e. The Morgan fingerprint density at radius 1 is 0.600 bits per heavy atom. The molecule has 0 saturated carbocycles. The summed E-state index contributed by atoms with van der Waals surface area (Å²) in [4.78, 5) is 51.3. The first-order chi connectivity index (χ1) is 26.6. The van der Waals surface area contributed by atoms with E-state index in [2.05, 4.69) is 16.0 Å². The molecule has 0 heterocycles. The Morgan fingerprint density at radius 3 is 1.35 bits per heavy atom. The topological polar surface area (TPSA) is 220 Å². The molecule has 20 heteroatoms. The lowest BCUT2D eigenvalue weighted by atomic mass is 10.0. The van der Waals surface area contributed by atoms with Crippen LogP contribution in [0.3, 0.4) is 0 Å². The van der Waals surface area contributed by atoms with Gasteiger partial charge in [-0.1, -0.05) is 12.1 Å². The quantitative estimate of drug-likeness (QED) is 0.0491. The van der Waals surface area contributed by atoms with E-state index in [1.165, 1.54) is 17.0 Å². The molecule has 0 radical (unpaired) electrons. The molecule has 4 N–H and O–H groups in total. The van der Waals surface area contributed by atoms with Crippen molar-refractivity contribution in [3.05, 3.63) is 29.8 Å². The summed E-state index contributed by atoms with van der Waals surface area (Å²) in [5.41, 5.74) is 0.647. The minimum Gasteiger partial charge on any atom is -0.425 e. The molecule has 1 rings (SSSR count). The van der Waals surface area contributed by atoms with Crippen LogP contribution in [0.2, 0.25) is 0 Å². The van der Waals surface area contributed by atoms with Crippen LogP contribution in [0, 0.1) is 0 Å². The second-order valence-corrected chi connectivity index (χ2v) is 13.6. The number of hydrogen-bond acceptors (Lipinski definition) is 15. The summed E-state index contributed by atoms with van der Waals surface area (Å²) in [5.74, 6) is -1.12. The summed E-state index contributed by atoms with van der Waals surface area (Å²) in [6.07, 6.45) is 0.0855. The molecule has 318 valence electrons. The average Bonchev–Trinajstić information content (AvgIpc) is 3.14. The summed E-state index contributed by atoms with van der Waals surface area (Å²) in [6.45, 7) is 6.57. The lowest BCUT2D eigenvalue weighted by Crippen LogP contribution is -2.54. The molecule has 0 aliphatic rings. The van der Waals surface area contributed by atoms with Gasteiger partial charge in [0.15, 0.2) is 0 Å². The molecule has 3 amide bonds. The molecular weight excluding hydrogens is 747 g/mol. The summed E-state index contributed by atoms with van der Waals surface area (Å²) < 4.78 is 64.3. The van der Waals surface area contributed by atoms with Crippen molar-refractivity contribution in [3.8, 4) is 5.75 Å². The van der Waals surface area contributed by atoms with E-state index in [1.807, 2.05) is 0 Å². The molecule has 1 aromatic rings. The molecular formula is C35H63N4O15P. The van der Waals surface area contributed by atoms with Crippen LogP contribution < -0.4 is 20.5 Å². The number of carbonyl (C=O) groups is 3. The van der Waals surface area contributed by atoms with Crippen LogP contribution in [0.4, 0.5) is 0 Å². The van der Waals surface area contributed by atoms with Crippen molar-refractivity contribution in [1.29, 1.82) is 0 Å². The molecule has 0 aliphatic heterocycles. The Hall–Kier alpha value is -2.78. The van der Waals surface area contributed by atoms with Gasteiger partial charge in [-0.15, -0.1) is 0 Å². The van der Waals surface area contributed by atoms with Gasteiger partial charge in [-0.2, -0.15) is 0 Å². The van der Waals surface area contributed by atoms with Crippen LogP contribution in [0.1, 0.15) is 5.56 Å². The van der Waals surface area contributed by atoms with Crippen LogP contribution in [0.15, 0.2) is 24.3 Å². The van der Waals surface area contributed by atoms with E-state index in [-0.39, 0.29) is 64.7 Å². The number of amides is 3. The first-order valence-corrected chi connectivity index (χ1v) is 20.2. The zero-order chi connectivity index (χ0) is 40.4. The second-order valence-electron chi connectivity index (χ2n) is 11.8. The van der Waals surface area contributed by atoms with E-state index in [0.29, 0.717) is 84.8 Å². The third-order valence-electron chi connectivity index (χ3n) is 7.16. The van der Waals surface area contributed by atoms with Gasteiger partial charge in [-0.25, -0.2) is 4.57 Å². The fourth-order valence-corrected chi connectivity index (χ4v) is 5.04. The number of nitrogens with zero attached hydrogens (tertiary/aromatic N) is 1. The molecule has 0 bridgehead atoms. The van der Waals surface area contributed by atoms with Crippen molar-refractivity contribution in [1.82, 2.24) is 20.9 Å².